The van der Waals surface area contributed by atoms with Gasteiger partial charge in [0.15, 0.2) is 0 Å². The number of halogens is 1. The average molecular weight is 304 g/mol. The molecular formula is C16H18ClN3O. The van der Waals surface area contributed by atoms with Crippen LogP contribution in [-0.4, -0.2) is 30.0 Å². The van der Waals surface area contributed by atoms with Gasteiger partial charge in [-0.05, 0) is 44.2 Å². The van der Waals surface area contributed by atoms with Crippen LogP contribution in [-0.2, 0) is 0 Å². The Morgan fingerprint density at radius 1 is 1.24 bits per heavy atom. The molecule has 1 heterocycles. The molecule has 0 spiro atoms. The predicted molar refractivity (Wildman–Crippen MR) is 85.8 cm³/mol. The van der Waals surface area contributed by atoms with Gasteiger partial charge in [-0.25, -0.2) is 0 Å². The summed E-state index contributed by atoms with van der Waals surface area (Å²) in [5, 5.41) is 7.96. The first-order valence-electron chi connectivity index (χ1n) is 7.09. The first kappa shape index (κ1) is 14.2. The Hall–Kier alpha value is -1.78. The van der Waals surface area contributed by atoms with Crippen molar-refractivity contribution in [3.63, 3.8) is 0 Å². The molecule has 2 atom stereocenters. The second-order valence-electron chi connectivity index (χ2n) is 5.33. The molecule has 3 N–H and O–H groups in total. The van der Waals surface area contributed by atoms with Gasteiger partial charge in [-0.2, -0.15) is 0 Å². The highest BCUT2D eigenvalue weighted by atomic mass is 35.5. The zero-order chi connectivity index (χ0) is 14.8. The number of likely N-dealkylation sites (N-methyl/N-ethyl adjacent to an activating group) is 1. The standard InChI is InChI=1S/C16H18ClN3O/c1-18-13-4-2-3-5-14(13)20-16(21)15-9-10-8-11(17)6-7-12(10)19-15/h2-3,6-9,13-14,18-19H,4-5H2,1H3,(H,20,21)/t13-,14+/m1/s1. The smallest absolute Gasteiger partial charge is 0.268 e. The molecule has 0 bridgehead atoms. The van der Waals surface area contributed by atoms with Crippen molar-refractivity contribution in [3.05, 3.63) is 47.1 Å². The number of hydrogen-bond acceptors (Lipinski definition) is 2. The Balaban J connectivity index is 1.78. The van der Waals surface area contributed by atoms with Gasteiger partial charge >= 0.3 is 0 Å². The van der Waals surface area contributed by atoms with Crippen LogP contribution in [0.2, 0.25) is 5.02 Å². The summed E-state index contributed by atoms with van der Waals surface area (Å²) in [5.41, 5.74) is 1.48. The highest BCUT2D eigenvalue weighted by molar-refractivity contribution is 6.31. The van der Waals surface area contributed by atoms with Crippen molar-refractivity contribution < 1.29 is 4.79 Å². The van der Waals surface area contributed by atoms with Gasteiger partial charge in [0.1, 0.15) is 5.69 Å². The molecule has 0 unspecified atom stereocenters. The average Bonchev–Trinajstić information content (AvgIpc) is 2.91. The number of benzene rings is 1. The van der Waals surface area contributed by atoms with Crippen molar-refractivity contribution in [3.8, 4) is 0 Å². The zero-order valence-corrected chi connectivity index (χ0v) is 12.6. The molecule has 1 aliphatic carbocycles. The predicted octanol–water partition coefficient (Wildman–Crippen LogP) is 2.86. The number of aromatic nitrogens is 1. The number of nitrogens with one attached hydrogen (secondary N) is 3. The fraction of sp³-hybridized carbons (Fsp3) is 0.312. The summed E-state index contributed by atoms with van der Waals surface area (Å²) < 4.78 is 0. The minimum Gasteiger partial charge on any atom is -0.351 e. The van der Waals surface area contributed by atoms with Crippen LogP contribution in [0.4, 0.5) is 0 Å². The number of H-pyrrole nitrogens is 1. The Bertz CT molecular complexity index is 692. The van der Waals surface area contributed by atoms with Crippen LogP contribution in [0.1, 0.15) is 23.3 Å². The van der Waals surface area contributed by atoms with Gasteiger partial charge in [0.25, 0.3) is 5.91 Å². The summed E-state index contributed by atoms with van der Waals surface area (Å²) in [6.07, 6.45) is 6.05. The molecule has 2 aromatic rings. The van der Waals surface area contributed by atoms with Crippen molar-refractivity contribution in [1.82, 2.24) is 15.6 Å². The topological polar surface area (TPSA) is 56.9 Å². The molecule has 1 aromatic heterocycles. The van der Waals surface area contributed by atoms with E-state index in [9.17, 15) is 4.79 Å². The molecule has 4 nitrogen and oxygen atoms in total. The van der Waals surface area contributed by atoms with Crippen molar-refractivity contribution >= 4 is 28.4 Å². The van der Waals surface area contributed by atoms with E-state index in [0.717, 1.165) is 23.7 Å². The maximum absolute atomic E-state index is 12.4. The van der Waals surface area contributed by atoms with Crippen LogP contribution in [0.5, 0.6) is 0 Å². The maximum atomic E-state index is 12.4. The molecule has 21 heavy (non-hydrogen) atoms. The Kier molecular flexibility index (Phi) is 3.99. The lowest BCUT2D eigenvalue weighted by atomic mass is 9.96. The monoisotopic (exact) mass is 303 g/mol. The highest BCUT2D eigenvalue weighted by Gasteiger charge is 2.23. The van der Waals surface area contributed by atoms with E-state index in [-0.39, 0.29) is 18.0 Å². The van der Waals surface area contributed by atoms with Crippen LogP contribution in [0, 0.1) is 0 Å². The second-order valence-corrected chi connectivity index (χ2v) is 5.77. The van der Waals surface area contributed by atoms with Gasteiger partial charge in [-0.15, -0.1) is 0 Å². The fourth-order valence-corrected chi connectivity index (χ4v) is 2.95. The van der Waals surface area contributed by atoms with Gasteiger partial charge in [0.05, 0.1) is 0 Å². The molecule has 1 aliphatic rings. The van der Waals surface area contributed by atoms with E-state index in [1.807, 2.05) is 31.3 Å². The van der Waals surface area contributed by atoms with E-state index in [2.05, 4.69) is 27.8 Å². The molecule has 0 saturated heterocycles. The van der Waals surface area contributed by atoms with Crippen LogP contribution >= 0.6 is 11.6 Å². The van der Waals surface area contributed by atoms with Crippen molar-refractivity contribution in [2.24, 2.45) is 0 Å². The molecule has 1 aromatic carbocycles. The summed E-state index contributed by atoms with van der Waals surface area (Å²) in [6, 6.07) is 7.77. The zero-order valence-electron chi connectivity index (χ0n) is 11.8. The Morgan fingerprint density at radius 2 is 2.00 bits per heavy atom. The van der Waals surface area contributed by atoms with E-state index < -0.39 is 0 Å². The van der Waals surface area contributed by atoms with Gasteiger partial charge in [0.2, 0.25) is 0 Å². The lowest BCUT2D eigenvalue weighted by Crippen LogP contribution is -2.49. The number of amides is 1. The molecular weight excluding hydrogens is 286 g/mol. The highest BCUT2D eigenvalue weighted by Crippen LogP contribution is 2.20. The van der Waals surface area contributed by atoms with Crippen LogP contribution in [0.15, 0.2) is 36.4 Å². The third-order valence-electron chi connectivity index (χ3n) is 3.95. The number of aromatic amines is 1. The van der Waals surface area contributed by atoms with Crippen LogP contribution in [0.3, 0.4) is 0 Å². The van der Waals surface area contributed by atoms with Crippen LogP contribution in [0.25, 0.3) is 10.9 Å². The molecule has 0 fully saturated rings. The van der Waals surface area contributed by atoms with Gasteiger partial charge in [-0.1, -0.05) is 23.8 Å². The van der Waals surface area contributed by atoms with Crippen molar-refractivity contribution in [2.45, 2.75) is 24.9 Å². The van der Waals surface area contributed by atoms with E-state index in [4.69, 9.17) is 11.6 Å². The normalized spacial score (nSPS) is 21.6. The molecule has 3 rings (SSSR count). The number of fused-ring (bicyclic) bond motifs is 1. The molecule has 5 heteroatoms. The minimum atomic E-state index is -0.0807. The van der Waals surface area contributed by atoms with Crippen molar-refractivity contribution in [1.29, 1.82) is 0 Å². The number of hydrogen-bond donors (Lipinski definition) is 3. The minimum absolute atomic E-state index is 0.0807. The second kappa shape index (κ2) is 5.92. The third kappa shape index (κ3) is 2.96. The van der Waals surface area contributed by atoms with E-state index in [1.165, 1.54) is 0 Å². The molecule has 0 aliphatic heterocycles. The first-order chi connectivity index (χ1) is 10.2. The number of carbonyl (C=O) groups is 1. The summed E-state index contributed by atoms with van der Waals surface area (Å²) in [4.78, 5) is 15.5. The van der Waals surface area contributed by atoms with Crippen LogP contribution < -0.4 is 10.6 Å². The number of rotatable bonds is 3. The maximum Gasteiger partial charge on any atom is 0.268 e. The molecule has 0 radical (unpaired) electrons. The molecule has 0 saturated carbocycles. The lowest BCUT2D eigenvalue weighted by molar-refractivity contribution is 0.0923. The summed E-state index contributed by atoms with van der Waals surface area (Å²) in [7, 11) is 1.92. The Labute approximate surface area is 128 Å². The van der Waals surface area contributed by atoms with Gasteiger partial charge in [-0.3, -0.25) is 4.79 Å². The SMILES string of the molecule is CN[C@@H]1CC=CC[C@@H]1NC(=O)c1cc2cc(Cl)ccc2[nH]1. The molecule has 1 amide bonds. The quantitative estimate of drug-likeness (QED) is 0.764. The number of carbonyl (C=O) groups excluding carboxylic acids is 1. The Morgan fingerprint density at radius 3 is 2.76 bits per heavy atom. The van der Waals surface area contributed by atoms with Gasteiger partial charge < -0.3 is 15.6 Å². The summed E-state index contributed by atoms with van der Waals surface area (Å²) in [6.45, 7) is 0. The first-order valence-corrected chi connectivity index (χ1v) is 7.46. The van der Waals surface area contributed by atoms with E-state index in [1.54, 1.807) is 0 Å². The summed E-state index contributed by atoms with van der Waals surface area (Å²) in [5.74, 6) is -0.0807. The summed E-state index contributed by atoms with van der Waals surface area (Å²) >= 11 is 5.97. The van der Waals surface area contributed by atoms with E-state index >= 15 is 0 Å². The van der Waals surface area contributed by atoms with Gasteiger partial charge in [0, 0.05) is 28.0 Å². The largest absolute Gasteiger partial charge is 0.351 e. The fourth-order valence-electron chi connectivity index (χ4n) is 2.76. The van der Waals surface area contributed by atoms with Crippen molar-refractivity contribution in [2.75, 3.05) is 7.05 Å². The molecule has 110 valence electrons. The third-order valence-corrected chi connectivity index (χ3v) is 4.18. The van der Waals surface area contributed by atoms with E-state index in [0.29, 0.717) is 10.7 Å². The lowest BCUT2D eigenvalue weighted by Gasteiger charge is -2.28.